The second kappa shape index (κ2) is 3.32. The van der Waals surface area contributed by atoms with E-state index in [9.17, 15) is 9.59 Å². The van der Waals surface area contributed by atoms with Gasteiger partial charge in [-0.3, -0.25) is 14.9 Å². The lowest BCUT2D eigenvalue weighted by atomic mass is 10.5. The molecule has 0 bridgehead atoms. The van der Waals surface area contributed by atoms with E-state index in [0.29, 0.717) is 9.81 Å². The maximum Gasteiger partial charge on any atom is 0.265 e. The molecular formula is C6H7NO2S2. The number of imide groups is 1. The second-order valence-electron chi connectivity index (χ2n) is 1.85. The molecule has 0 aliphatic carbocycles. The van der Waals surface area contributed by atoms with Crippen molar-refractivity contribution in [1.82, 2.24) is 5.32 Å². The maximum atomic E-state index is 11.0. The van der Waals surface area contributed by atoms with Crippen LogP contribution in [0.3, 0.4) is 0 Å². The normalized spacial score (nSPS) is 17.6. The van der Waals surface area contributed by atoms with Crippen LogP contribution in [0.5, 0.6) is 0 Å². The molecule has 0 aromatic rings. The lowest BCUT2D eigenvalue weighted by Crippen LogP contribution is -2.22. The molecule has 0 radical (unpaired) electrons. The molecular weight excluding hydrogens is 182 g/mol. The molecule has 2 amide bonds. The first-order chi connectivity index (χ1) is 5.20. The summed E-state index contributed by atoms with van der Waals surface area (Å²) in [5.41, 5.74) is 0. The third-order valence-electron chi connectivity index (χ3n) is 1.25. The zero-order valence-corrected chi connectivity index (χ0v) is 7.77. The lowest BCUT2D eigenvalue weighted by Gasteiger charge is -1.92. The van der Waals surface area contributed by atoms with Gasteiger partial charge in [-0.1, -0.05) is 0 Å². The summed E-state index contributed by atoms with van der Waals surface area (Å²) >= 11 is 2.61. The third-order valence-corrected chi connectivity index (χ3v) is 2.98. The zero-order chi connectivity index (χ0) is 8.43. The van der Waals surface area contributed by atoms with Gasteiger partial charge in [0, 0.05) is 0 Å². The van der Waals surface area contributed by atoms with Gasteiger partial charge < -0.3 is 0 Å². The van der Waals surface area contributed by atoms with Crippen LogP contribution >= 0.6 is 23.5 Å². The Morgan fingerprint density at radius 1 is 1.00 bits per heavy atom. The van der Waals surface area contributed by atoms with Crippen LogP contribution in [0, 0.1) is 0 Å². The van der Waals surface area contributed by atoms with E-state index in [4.69, 9.17) is 0 Å². The van der Waals surface area contributed by atoms with E-state index < -0.39 is 0 Å². The molecule has 0 saturated carbocycles. The molecule has 0 fully saturated rings. The molecule has 0 atom stereocenters. The van der Waals surface area contributed by atoms with E-state index in [1.165, 1.54) is 23.5 Å². The van der Waals surface area contributed by atoms with Crippen LogP contribution in [0.25, 0.3) is 0 Å². The topological polar surface area (TPSA) is 46.2 Å². The van der Waals surface area contributed by atoms with Crippen molar-refractivity contribution in [1.29, 1.82) is 0 Å². The average molecular weight is 189 g/mol. The van der Waals surface area contributed by atoms with Gasteiger partial charge in [0.15, 0.2) is 0 Å². The van der Waals surface area contributed by atoms with E-state index in [0.717, 1.165) is 0 Å². The predicted molar refractivity (Wildman–Crippen MR) is 47.2 cm³/mol. The summed E-state index contributed by atoms with van der Waals surface area (Å²) in [6.07, 6.45) is 3.56. The van der Waals surface area contributed by atoms with Crippen LogP contribution < -0.4 is 5.32 Å². The first kappa shape index (κ1) is 8.67. The number of rotatable bonds is 2. The highest BCUT2D eigenvalue weighted by Crippen LogP contribution is 2.28. The summed E-state index contributed by atoms with van der Waals surface area (Å²) in [6.45, 7) is 0. The van der Waals surface area contributed by atoms with E-state index in [2.05, 4.69) is 5.32 Å². The summed E-state index contributed by atoms with van der Waals surface area (Å²) < 4.78 is 0. The fraction of sp³-hybridized carbons (Fsp3) is 0.333. The summed E-state index contributed by atoms with van der Waals surface area (Å²) in [5.74, 6) is -0.543. The molecule has 11 heavy (non-hydrogen) atoms. The highest BCUT2D eigenvalue weighted by atomic mass is 32.2. The van der Waals surface area contributed by atoms with Crippen LogP contribution in [-0.2, 0) is 9.59 Å². The fourth-order valence-electron chi connectivity index (χ4n) is 0.794. The number of hydrogen-bond acceptors (Lipinski definition) is 4. The van der Waals surface area contributed by atoms with E-state index in [1.54, 1.807) is 12.5 Å². The van der Waals surface area contributed by atoms with Crippen molar-refractivity contribution in [2.45, 2.75) is 0 Å². The quantitative estimate of drug-likeness (QED) is 0.645. The van der Waals surface area contributed by atoms with Gasteiger partial charge in [0.25, 0.3) is 11.8 Å². The standard InChI is InChI=1S/C6H7NO2S2/c1-10-3-4(11-2)6(9)7-5(3)8/h1-2H3,(H,7,8,9). The van der Waals surface area contributed by atoms with E-state index in [1.807, 2.05) is 0 Å². The Kier molecular flexibility index (Phi) is 2.62. The Morgan fingerprint density at radius 3 is 1.64 bits per heavy atom. The number of carbonyl (C=O) groups is 2. The smallest absolute Gasteiger partial charge is 0.265 e. The molecule has 1 N–H and O–H groups in total. The van der Waals surface area contributed by atoms with Crippen molar-refractivity contribution in [2.24, 2.45) is 0 Å². The Hall–Kier alpha value is -0.420. The molecule has 5 heteroatoms. The van der Waals surface area contributed by atoms with Gasteiger partial charge in [-0.05, 0) is 12.5 Å². The fourth-order valence-corrected chi connectivity index (χ4v) is 2.32. The molecule has 0 spiro atoms. The van der Waals surface area contributed by atoms with Gasteiger partial charge in [-0.15, -0.1) is 23.5 Å². The average Bonchev–Trinajstić information content (AvgIpc) is 2.24. The van der Waals surface area contributed by atoms with Crippen molar-refractivity contribution in [3.63, 3.8) is 0 Å². The van der Waals surface area contributed by atoms with Crippen molar-refractivity contribution in [3.05, 3.63) is 9.81 Å². The minimum atomic E-state index is -0.271. The van der Waals surface area contributed by atoms with Crippen LogP contribution in [0.4, 0.5) is 0 Å². The highest BCUT2D eigenvalue weighted by Gasteiger charge is 2.28. The van der Waals surface area contributed by atoms with Gasteiger partial charge in [-0.2, -0.15) is 0 Å². The molecule has 1 rings (SSSR count). The number of hydrogen-bond donors (Lipinski definition) is 1. The third kappa shape index (κ3) is 1.44. The molecule has 3 nitrogen and oxygen atoms in total. The molecule has 0 unspecified atom stereocenters. The van der Waals surface area contributed by atoms with Gasteiger partial charge in [-0.25, -0.2) is 0 Å². The number of amides is 2. The number of nitrogens with one attached hydrogen (secondary N) is 1. The molecule has 1 aliphatic heterocycles. The van der Waals surface area contributed by atoms with Crippen molar-refractivity contribution >= 4 is 35.3 Å². The summed E-state index contributed by atoms with van der Waals surface area (Å²) in [5, 5.41) is 2.23. The first-order valence-electron chi connectivity index (χ1n) is 2.88. The van der Waals surface area contributed by atoms with Crippen LogP contribution in [0.1, 0.15) is 0 Å². The minimum Gasteiger partial charge on any atom is -0.287 e. The number of carbonyl (C=O) groups excluding carboxylic acids is 2. The summed E-state index contributed by atoms with van der Waals surface area (Å²) in [7, 11) is 0. The van der Waals surface area contributed by atoms with Gasteiger partial charge in [0.05, 0.1) is 9.81 Å². The van der Waals surface area contributed by atoms with Crippen molar-refractivity contribution in [2.75, 3.05) is 12.5 Å². The van der Waals surface area contributed by atoms with E-state index >= 15 is 0 Å². The first-order valence-corrected chi connectivity index (χ1v) is 5.33. The van der Waals surface area contributed by atoms with Crippen LogP contribution in [-0.4, -0.2) is 24.3 Å². The lowest BCUT2D eigenvalue weighted by molar-refractivity contribution is -0.123. The maximum absolute atomic E-state index is 11.0. The summed E-state index contributed by atoms with van der Waals surface area (Å²) in [6, 6.07) is 0. The molecule has 0 aromatic carbocycles. The Labute approximate surface area is 73.0 Å². The van der Waals surface area contributed by atoms with E-state index in [-0.39, 0.29) is 11.8 Å². The van der Waals surface area contributed by atoms with Gasteiger partial charge >= 0.3 is 0 Å². The highest BCUT2D eigenvalue weighted by molar-refractivity contribution is 8.07. The summed E-state index contributed by atoms with van der Waals surface area (Å²) in [4.78, 5) is 23.0. The Balaban J connectivity index is 3.02. The predicted octanol–water partition coefficient (Wildman–Crippen LogP) is 0.580. The number of thioether (sulfide) groups is 2. The minimum absolute atomic E-state index is 0.271. The van der Waals surface area contributed by atoms with Crippen molar-refractivity contribution in [3.8, 4) is 0 Å². The monoisotopic (exact) mass is 189 g/mol. The van der Waals surface area contributed by atoms with Gasteiger partial charge in [0.1, 0.15) is 0 Å². The second-order valence-corrected chi connectivity index (χ2v) is 3.48. The molecule has 1 aliphatic rings. The van der Waals surface area contributed by atoms with Gasteiger partial charge in [0.2, 0.25) is 0 Å². The van der Waals surface area contributed by atoms with Crippen LogP contribution in [0.2, 0.25) is 0 Å². The largest absolute Gasteiger partial charge is 0.287 e. The molecule has 60 valence electrons. The Bertz CT molecular complexity index is 223. The molecule has 0 saturated heterocycles. The SMILES string of the molecule is CSC1=C(SC)C(=O)NC1=O. The van der Waals surface area contributed by atoms with Crippen molar-refractivity contribution < 1.29 is 9.59 Å². The molecule has 0 aromatic heterocycles. The van der Waals surface area contributed by atoms with Crippen LogP contribution in [0.15, 0.2) is 9.81 Å². The molecule has 1 heterocycles. The zero-order valence-electron chi connectivity index (χ0n) is 6.13. The Morgan fingerprint density at radius 2 is 1.36 bits per heavy atom.